The highest BCUT2D eigenvalue weighted by Crippen LogP contribution is 2.30. The maximum Gasteiger partial charge on any atom is 0.287 e. The van der Waals surface area contributed by atoms with Gasteiger partial charge in [0.05, 0.1) is 16.7 Å². The molecule has 1 aliphatic rings. The summed E-state index contributed by atoms with van der Waals surface area (Å²) in [6.07, 6.45) is 6.29. The van der Waals surface area contributed by atoms with Crippen molar-refractivity contribution in [2.45, 2.75) is 37.6 Å². The van der Waals surface area contributed by atoms with Gasteiger partial charge in [-0.05, 0) is 12.8 Å². The van der Waals surface area contributed by atoms with Gasteiger partial charge in [-0.25, -0.2) is 0 Å². The summed E-state index contributed by atoms with van der Waals surface area (Å²) >= 11 is 6.03. The molecule has 110 valence electrons. The van der Waals surface area contributed by atoms with Gasteiger partial charge in [-0.15, -0.1) is 11.6 Å². The normalized spacial score (nSPS) is 17.7. The van der Waals surface area contributed by atoms with Crippen LogP contribution in [0, 0.1) is 10.1 Å². The van der Waals surface area contributed by atoms with Gasteiger partial charge in [0.2, 0.25) is 0 Å². The molecule has 0 atom stereocenters. The highest BCUT2D eigenvalue weighted by Gasteiger charge is 2.33. The summed E-state index contributed by atoms with van der Waals surface area (Å²) in [6, 6.07) is 1.29. The molecule has 7 heteroatoms. The molecule has 1 saturated carbocycles. The number of aryl methyl sites for hydroxylation is 1. The molecular formula is C13H18ClN3O3. The predicted octanol–water partition coefficient (Wildman–Crippen LogP) is 2.60. The van der Waals surface area contributed by atoms with Gasteiger partial charge in [-0.1, -0.05) is 19.3 Å². The lowest BCUT2D eigenvalue weighted by Crippen LogP contribution is -2.51. The number of nitrogens with one attached hydrogen (secondary N) is 1. The van der Waals surface area contributed by atoms with E-state index in [4.69, 9.17) is 11.6 Å². The molecule has 1 aromatic heterocycles. The van der Waals surface area contributed by atoms with Crippen molar-refractivity contribution in [3.8, 4) is 0 Å². The van der Waals surface area contributed by atoms with E-state index < -0.39 is 4.92 Å². The quantitative estimate of drug-likeness (QED) is 0.527. The molecule has 0 unspecified atom stereocenters. The fourth-order valence-corrected chi connectivity index (χ4v) is 3.03. The van der Waals surface area contributed by atoms with Gasteiger partial charge in [0.1, 0.15) is 5.69 Å². The Bertz CT molecular complexity index is 521. The van der Waals surface area contributed by atoms with Gasteiger partial charge in [0.15, 0.2) is 0 Å². The first-order valence-electron chi connectivity index (χ1n) is 6.67. The molecule has 20 heavy (non-hydrogen) atoms. The Labute approximate surface area is 122 Å². The van der Waals surface area contributed by atoms with Crippen LogP contribution in [0.2, 0.25) is 0 Å². The second-order valence-corrected chi connectivity index (χ2v) is 5.65. The van der Waals surface area contributed by atoms with E-state index in [1.807, 2.05) is 0 Å². The van der Waals surface area contributed by atoms with Crippen LogP contribution in [-0.4, -0.2) is 26.8 Å². The molecule has 1 heterocycles. The predicted molar refractivity (Wildman–Crippen MR) is 76.1 cm³/mol. The molecule has 2 rings (SSSR count). The zero-order valence-electron chi connectivity index (χ0n) is 11.4. The molecule has 0 aromatic carbocycles. The summed E-state index contributed by atoms with van der Waals surface area (Å²) in [6.45, 7) is 0. The number of halogens is 1. The topological polar surface area (TPSA) is 77.2 Å². The van der Waals surface area contributed by atoms with Gasteiger partial charge < -0.3 is 9.88 Å². The van der Waals surface area contributed by atoms with Crippen LogP contribution in [0.4, 0.5) is 5.69 Å². The molecule has 0 saturated heterocycles. The lowest BCUT2D eigenvalue weighted by Gasteiger charge is -2.36. The van der Waals surface area contributed by atoms with Crippen LogP contribution in [-0.2, 0) is 7.05 Å². The second kappa shape index (κ2) is 5.83. The number of hydrogen-bond donors (Lipinski definition) is 1. The van der Waals surface area contributed by atoms with Gasteiger partial charge in [-0.2, -0.15) is 0 Å². The largest absolute Gasteiger partial charge is 0.344 e. The van der Waals surface area contributed by atoms with Crippen molar-refractivity contribution in [2.75, 3.05) is 5.88 Å². The average molecular weight is 300 g/mol. The van der Waals surface area contributed by atoms with E-state index in [-0.39, 0.29) is 22.8 Å². The molecule has 0 aliphatic heterocycles. The number of carbonyl (C=O) groups excluding carboxylic acids is 1. The van der Waals surface area contributed by atoms with Crippen molar-refractivity contribution >= 4 is 23.2 Å². The number of nitrogens with zero attached hydrogens (tertiary/aromatic N) is 2. The Balaban J connectivity index is 2.16. The van der Waals surface area contributed by atoms with Crippen molar-refractivity contribution in [3.63, 3.8) is 0 Å². The van der Waals surface area contributed by atoms with Crippen molar-refractivity contribution < 1.29 is 9.72 Å². The van der Waals surface area contributed by atoms with Gasteiger partial charge in [0, 0.05) is 19.0 Å². The Kier molecular flexibility index (Phi) is 4.32. The SMILES string of the molecule is Cn1cc([N+](=O)[O-])cc1C(=O)NC1(CCl)CCCCC1. The summed E-state index contributed by atoms with van der Waals surface area (Å²) in [5.41, 5.74) is -0.177. The number of aromatic nitrogens is 1. The first-order valence-corrected chi connectivity index (χ1v) is 7.20. The first-order chi connectivity index (χ1) is 9.47. The highest BCUT2D eigenvalue weighted by molar-refractivity contribution is 6.19. The first kappa shape index (κ1) is 14.8. The smallest absolute Gasteiger partial charge is 0.287 e. The minimum atomic E-state index is -0.505. The monoisotopic (exact) mass is 299 g/mol. The fourth-order valence-electron chi connectivity index (χ4n) is 2.70. The standard InChI is InChI=1S/C13H18ClN3O3/c1-16-8-10(17(19)20)7-11(16)12(18)15-13(9-14)5-3-2-4-6-13/h7-8H,2-6,9H2,1H3,(H,15,18). The Morgan fingerprint density at radius 3 is 2.65 bits per heavy atom. The lowest BCUT2D eigenvalue weighted by molar-refractivity contribution is -0.384. The van der Waals surface area contributed by atoms with E-state index in [2.05, 4.69) is 5.32 Å². The third-order valence-corrected chi connectivity index (χ3v) is 4.39. The number of rotatable bonds is 4. The zero-order valence-corrected chi connectivity index (χ0v) is 12.2. The molecule has 1 aliphatic carbocycles. The van der Waals surface area contributed by atoms with Gasteiger partial charge >= 0.3 is 0 Å². The molecule has 0 bridgehead atoms. The maximum atomic E-state index is 12.3. The molecule has 1 N–H and O–H groups in total. The van der Waals surface area contributed by atoms with Crippen LogP contribution in [0.15, 0.2) is 12.3 Å². The molecule has 0 spiro atoms. The number of nitro groups is 1. The highest BCUT2D eigenvalue weighted by atomic mass is 35.5. The van der Waals surface area contributed by atoms with Crippen molar-refractivity contribution in [1.29, 1.82) is 0 Å². The van der Waals surface area contributed by atoms with Crippen molar-refractivity contribution in [2.24, 2.45) is 7.05 Å². The molecule has 1 fully saturated rings. The summed E-state index contributed by atoms with van der Waals surface area (Å²) in [5, 5.41) is 13.7. The second-order valence-electron chi connectivity index (χ2n) is 5.38. The number of hydrogen-bond acceptors (Lipinski definition) is 3. The van der Waals surface area contributed by atoms with Gasteiger partial charge in [-0.3, -0.25) is 14.9 Å². The minimum absolute atomic E-state index is 0.0822. The Morgan fingerprint density at radius 2 is 2.15 bits per heavy atom. The van der Waals surface area contributed by atoms with E-state index >= 15 is 0 Å². The average Bonchev–Trinajstić information content (AvgIpc) is 2.82. The summed E-state index contributed by atoms with van der Waals surface area (Å²) < 4.78 is 1.47. The van der Waals surface area contributed by atoms with Crippen LogP contribution in [0.1, 0.15) is 42.6 Å². The van der Waals surface area contributed by atoms with E-state index in [1.54, 1.807) is 7.05 Å². The Morgan fingerprint density at radius 1 is 1.50 bits per heavy atom. The third-order valence-electron chi connectivity index (χ3n) is 3.88. The van der Waals surface area contributed by atoms with E-state index in [9.17, 15) is 14.9 Å². The molecular weight excluding hydrogens is 282 g/mol. The summed E-state index contributed by atoms with van der Waals surface area (Å²) in [4.78, 5) is 22.6. The van der Waals surface area contributed by atoms with Gasteiger partial charge in [0.25, 0.3) is 11.6 Å². The molecule has 1 amide bonds. The van der Waals surface area contributed by atoms with Crippen LogP contribution in [0.3, 0.4) is 0 Å². The summed E-state index contributed by atoms with van der Waals surface area (Å²) in [5.74, 6) is 0.0637. The molecule has 0 radical (unpaired) electrons. The minimum Gasteiger partial charge on any atom is -0.344 e. The molecule has 1 aromatic rings. The molecule has 6 nitrogen and oxygen atoms in total. The van der Waals surface area contributed by atoms with E-state index in [1.165, 1.54) is 16.8 Å². The van der Waals surface area contributed by atoms with Crippen LogP contribution in [0.5, 0.6) is 0 Å². The number of alkyl halides is 1. The number of amides is 1. The number of carbonyl (C=O) groups is 1. The van der Waals surface area contributed by atoms with Crippen LogP contribution >= 0.6 is 11.6 Å². The van der Waals surface area contributed by atoms with E-state index in [0.717, 1.165) is 32.1 Å². The maximum absolute atomic E-state index is 12.3. The zero-order chi connectivity index (χ0) is 14.8. The Hall–Kier alpha value is -1.56. The van der Waals surface area contributed by atoms with Crippen LogP contribution in [0.25, 0.3) is 0 Å². The van der Waals surface area contributed by atoms with Crippen molar-refractivity contribution in [3.05, 3.63) is 28.1 Å². The van der Waals surface area contributed by atoms with E-state index in [0.29, 0.717) is 5.88 Å². The van der Waals surface area contributed by atoms with Crippen molar-refractivity contribution in [1.82, 2.24) is 9.88 Å². The third kappa shape index (κ3) is 2.95. The fraction of sp³-hybridized carbons (Fsp3) is 0.615. The van der Waals surface area contributed by atoms with Crippen LogP contribution < -0.4 is 5.32 Å². The lowest BCUT2D eigenvalue weighted by atomic mass is 9.83. The summed E-state index contributed by atoms with van der Waals surface area (Å²) in [7, 11) is 1.62.